The third-order valence-electron chi connectivity index (χ3n) is 6.11. The number of carbonyl (C=O) groups is 2. The number of nitrogens with zero attached hydrogens (tertiary/aromatic N) is 4. The number of hydrogen-bond donors (Lipinski definition) is 1. The first-order valence-corrected chi connectivity index (χ1v) is 12.8. The summed E-state index contributed by atoms with van der Waals surface area (Å²) in [6.07, 6.45) is 3.86. The molecule has 7 nitrogen and oxygen atoms in total. The number of aliphatic imine (C=N–C) groups is 1. The minimum absolute atomic E-state index is 0.150. The van der Waals surface area contributed by atoms with E-state index in [-0.39, 0.29) is 18.0 Å². The Morgan fingerprint density at radius 3 is 2.32 bits per heavy atom. The van der Waals surface area contributed by atoms with Gasteiger partial charge in [-0.3, -0.25) is 9.69 Å². The Morgan fingerprint density at radius 1 is 0.947 bits per heavy atom. The van der Waals surface area contributed by atoms with Crippen molar-refractivity contribution >= 4 is 46.3 Å². The zero-order chi connectivity index (χ0) is 26.6. The third-order valence-corrected chi connectivity index (χ3v) is 7.12. The first kappa shape index (κ1) is 25.1. The van der Waals surface area contributed by atoms with Crippen molar-refractivity contribution in [2.45, 2.75) is 6.54 Å². The molecule has 3 aromatic carbocycles. The summed E-state index contributed by atoms with van der Waals surface area (Å²) in [4.78, 5) is 33.9. The Hall–Kier alpha value is -4.56. The maximum Gasteiger partial charge on any atom is 0.335 e. The maximum absolute atomic E-state index is 13.6. The van der Waals surface area contributed by atoms with Crippen LogP contribution in [0, 0.1) is 0 Å². The van der Waals surface area contributed by atoms with Crippen molar-refractivity contribution in [1.82, 2.24) is 9.47 Å². The SMILES string of the molecule is CN(C)c1ccc(-n2cccc2/C=C2\SC(=Nc3ccccc3)N(Cc3ccc(C(=O)O)cc3)C2=O)cc1. The van der Waals surface area contributed by atoms with Crippen molar-refractivity contribution in [3.05, 3.63) is 119 Å². The van der Waals surface area contributed by atoms with Gasteiger partial charge >= 0.3 is 5.97 Å². The second-order valence-electron chi connectivity index (χ2n) is 8.95. The summed E-state index contributed by atoms with van der Waals surface area (Å²) in [5.74, 6) is -1.14. The van der Waals surface area contributed by atoms with Gasteiger partial charge in [-0.05, 0) is 84.1 Å². The topological polar surface area (TPSA) is 78.1 Å². The Labute approximate surface area is 225 Å². The highest BCUT2D eigenvalue weighted by atomic mass is 32.2. The molecule has 1 fully saturated rings. The van der Waals surface area contributed by atoms with Crippen LogP contribution < -0.4 is 4.90 Å². The fourth-order valence-electron chi connectivity index (χ4n) is 4.07. The van der Waals surface area contributed by atoms with Crippen LogP contribution in [0.15, 0.2) is 107 Å². The van der Waals surface area contributed by atoms with Crippen LogP contribution in [0.2, 0.25) is 0 Å². The highest BCUT2D eigenvalue weighted by Gasteiger charge is 2.33. The van der Waals surface area contributed by atoms with Crippen molar-refractivity contribution in [1.29, 1.82) is 0 Å². The quantitative estimate of drug-likeness (QED) is 0.299. The van der Waals surface area contributed by atoms with E-state index in [1.807, 2.05) is 78.3 Å². The minimum atomic E-state index is -0.986. The molecule has 0 aliphatic carbocycles. The van der Waals surface area contributed by atoms with Gasteiger partial charge in [0.05, 0.1) is 22.7 Å². The Bertz CT molecular complexity index is 1520. The molecule has 0 spiro atoms. The molecule has 1 aromatic heterocycles. The van der Waals surface area contributed by atoms with Gasteiger partial charge in [0.25, 0.3) is 5.91 Å². The predicted octanol–water partition coefficient (Wildman–Crippen LogP) is 6.05. The predicted molar refractivity (Wildman–Crippen MR) is 153 cm³/mol. The molecule has 0 bridgehead atoms. The number of amidine groups is 1. The van der Waals surface area contributed by atoms with Gasteiger partial charge in [0, 0.05) is 37.4 Å². The highest BCUT2D eigenvalue weighted by molar-refractivity contribution is 8.18. The lowest BCUT2D eigenvalue weighted by atomic mass is 10.1. The van der Waals surface area contributed by atoms with Crippen LogP contribution in [0.5, 0.6) is 0 Å². The van der Waals surface area contributed by atoms with Gasteiger partial charge in [-0.25, -0.2) is 9.79 Å². The monoisotopic (exact) mass is 522 g/mol. The molecule has 0 radical (unpaired) electrons. The van der Waals surface area contributed by atoms with E-state index in [2.05, 4.69) is 24.3 Å². The molecule has 2 heterocycles. The number of thioether (sulfide) groups is 1. The van der Waals surface area contributed by atoms with Gasteiger partial charge in [-0.1, -0.05) is 30.3 Å². The molecule has 38 heavy (non-hydrogen) atoms. The molecule has 0 unspecified atom stereocenters. The van der Waals surface area contributed by atoms with Crippen LogP contribution in [-0.2, 0) is 11.3 Å². The summed E-state index contributed by atoms with van der Waals surface area (Å²) >= 11 is 1.33. The van der Waals surface area contributed by atoms with E-state index in [0.717, 1.165) is 28.3 Å². The molecule has 4 aromatic rings. The average molecular weight is 523 g/mol. The normalized spacial score (nSPS) is 15.4. The summed E-state index contributed by atoms with van der Waals surface area (Å²) in [5, 5.41) is 9.78. The minimum Gasteiger partial charge on any atom is -0.478 e. The van der Waals surface area contributed by atoms with Gasteiger partial charge in [0.1, 0.15) is 0 Å². The lowest BCUT2D eigenvalue weighted by Gasteiger charge is -2.16. The van der Waals surface area contributed by atoms with Crippen molar-refractivity contribution in [3.8, 4) is 5.69 Å². The molecule has 1 saturated heterocycles. The second-order valence-corrected chi connectivity index (χ2v) is 9.96. The molecule has 5 rings (SSSR count). The number of hydrogen-bond acceptors (Lipinski definition) is 5. The molecule has 8 heteroatoms. The summed E-state index contributed by atoms with van der Waals surface area (Å²) < 4.78 is 2.04. The van der Waals surface area contributed by atoms with E-state index in [1.165, 1.54) is 11.8 Å². The third kappa shape index (κ3) is 5.40. The van der Waals surface area contributed by atoms with Crippen molar-refractivity contribution in [2.24, 2.45) is 4.99 Å². The van der Waals surface area contributed by atoms with E-state index >= 15 is 0 Å². The smallest absolute Gasteiger partial charge is 0.335 e. The number of rotatable bonds is 7. The van der Waals surface area contributed by atoms with Gasteiger partial charge in [-0.15, -0.1) is 0 Å². The van der Waals surface area contributed by atoms with Gasteiger partial charge in [0.2, 0.25) is 0 Å². The van der Waals surface area contributed by atoms with Crippen molar-refractivity contribution < 1.29 is 14.7 Å². The van der Waals surface area contributed by atoms with Crippen LogP contribution in [0.3, 0.4) is 0 Å². The Kier molecular flexibility index (Phi) is 7.15. The summed E-state index contributed by atoms with van der Waals surface area (Å²) in [7, 11) is 4.01. The zero-order valence-corrected chi connectivity index (χ0v) is 21.8. The first-order chi connectivity index (χ1) is 18.4. The lowest BCUT2D eigenvalue weighted by molar-refractivity contribution is -0.122. The van der Waals surface area contributed by atoms with E-state index in [0.29, 0.717) is 10.1 Å². The van der Waals surface area contributed by atoms with Crippen molar-refractivity contribution in [3.63, 3.8) is 0 Å². The van der Waals surface area contributed by atoms with Crippen LogP contribution in [0.1, 0.15) is 21.6 Å². The number of benzene rings is 3. The number of anilines is 1. The number of carboxylic acids is 1. The van der Waals surface area contributed by atoms with Gasteiger partial charge in [0.15, 0.2) is 5.17 Å². The largest absolute Gasteiger partial charge is 0.478 e. The van der Waals surface area contributed by atoms with E-state index < -0.39 is 5.97 Å². The van der Waals surface area contributed by atoms with E-state index in [1.54, 1.807) is 29.2 Å². The fourth-order valence-corrected chi connectivity index (χ4v) is 5.05. The fraction of sp³-hybridized carbons (Fsp3) is 0.100. The van der Waals surface area contributed by atoms with Crippen LogP contribution >= 0.6 is 11.8 Å². The average Bonchev–Trinajstić information content (AvgIpc) is 3.50. The standard InChI is InChI=1S/C30H26N4O3S/c1-32(2)24-14-16-25(17-15-24)33-18-6-9-26(33)19-27-28(35)34(20-21-10-12-22(13-11-21)29(36)37)30(38-27)31-23-7-4-3-5-8-23/h3-19H,20H2,1-2H3,(H,36,37)/b27-19-,31-30?. The zero-order valence-electron chi connectivity index (χ0n) is 21.0. The molecular weight excluding hydrogens is 496 g/mol. The maximum atomic E-state index is 13.6. The molecule has 0 saturated carbocycles. The molecule has 1 N–H and O–H groups in total. The van der Waals surface area contributed by atoms with Crippen LogP contribution in [-0.4, -0.2) is 45.7 Å². The second kappa shape index (κ2) is 10.8. The molecule has 190 valence electrons. The molecule has 1 amide bonds. The summed E-state index contributed by atoms with van der Waals surface area (Å²) in [5.41, 5.74) is 4.75. The van der Waals surface area contributed by atoms with Gasteiger partial charge < -0.3 is 14.6 Å². The van der Waals surface area contributed by atoms with E-state index in [9.17, 15) is 14.7 Å². The van der Waals surface area contributed by atoms with Gasteiger partial charge in [-0.2, -0.15) is 0 Å². The van der Waals surface area contributed by atoms with Crippen LogP contribution in [0.25, 0.3) is 11.8 Å². The number of aromatic nitrogens is 1. The summed E-state index contributed by atoms with van der Waals surface area (Å²) in [6, 6.07) is 28.2. The van der Waals surface area contributed by atoms with E-state index in [4.69, 9.17) is 4.99 Å². The molecule has 1 aliphatic heterocycles. The lowest BCUT2D eigenvalue weighted by Crippen LogP contribution is -2.28. The Morgan fingerprint density at radius 2 is 1.66 bits per heavy atom. The number of carbonyl (C=O) groups excluding carboxylic acids is 1. The first-order valence-electron chi connectivity index (χ1n) is 12.0. The number of amides is 1. The highest BCUT2D eigenvalue weighted by Crippen LogP contribution is 2.35. The number of para-hydroxylation sites is 1. The summed E-state index contributed by atoms with van der Waals surface area (Å²) in [6.45, 7) is 0.280. The Balaban J connectivity index is 1.47. The van der Waals surface area contributed by atoms with Crippen molar-refractivity contribution in [2.75, 3.05) is 19.0 Å². The molecule has 0 atom stereocenters. The van der Waals surface area contributed by atoms with Crippen LogP contribution in [0.4, 0.5) is 11.4 Å². The number of carboxylic acid groups (broad SMARTS) is 1. The molecular formula is C30H26N4O3S. The number of aromatic carboxylic acids is 1. The molecule has 1 aliphatic rings.